The van der Waals surface area contributed by atoms with Gasteiger partial charge in [0.25, 0.3) is 0 Å². The predicted octanol–water partition coefficient (Wildman–Crippen LogP) is 1.85. The van der Waals surface area contributed by atoms with Gasteiger partial charge in [-0.2, -0.15) is 0 Å². The number of nitrogens with one attached hydrogen (secondary N) is 2. The standard InChI is InChI=1S/C10H14ClN3O2/c1-6(2)13-14-8-4-9(11)12-5-7(8)10(15)16-3/h4-6,13H,1-3H3,(H,12,14). The number of ether oxygens (including phenoxy) is 1. The van der Waals surface area contributed by atoms with E-state index in [0.29, 0.717) is 16.4 Å². The van der Waals surface area contributed by atoms with Gasteiger partial charge >= 0.3 is 5.97 Å². The van der Waals surface area contributed by atoms with Crippen LogP contribution in [0, 0.1) is 0 Å². The maximum absolute atomic E-state index is 11.4. The quantitative estimate of drug-likeness (QED) is 0.480. The van der Waals surface area contributed by atoms with Crippen molar-refractivity contribution in [2.45, 2.75) is 19.9 Å². The van der Waals surface area contributed by atoms with E-state index in [4.69, 9.17) is 11.6 Å². The first-order valence-corrected chi connectivity index (χ1v) is 5.17. The number of hydrogen-bond donors (Lipinski definition) is 2. The number of halogens is 1. The molecule has 1 heterocycles. The lowest BCUT2D eigenvalue weighted by Crippen LogP contribution is -2.30. The number of hydrogen-bond acceptors (Lipinski definition) is 5. The molecule has 0 unspecified atom stereocenters. The zero-order chi connectivity index (χ0) is 12.1. The summed E-state index contributed by atoms with van der Waals surface area (Å²) < 4.78 is 4.63. The van der Waals surface area contributed by atoms with Gasteiger partial charge in [-0.3, -0.25) is 0 Å². The lowest BCUT2D eigenvalue weighted by Gasteiger charge is -2.13. The largest absolute Gasteiger partial charge is 0.465 e. The van der Waals surface area contributed by atoms with Gasteiger partial charge in [0.05, 0.1) is 12.8 Å². The average molecular weight is 244 g/mol. The van der Waals surface area contributed by atoms with Crippen LogP contribution in [0.2, 0.25) is 5.15 Å². The fourth-order valence-corrected chi connectivity index (χ4v) is 1.19. The molecular formula is C10H14ClN3O2. The number of carbonyl (C=O) groups excluding carboxylic acids is 1. The lowest BCUT2D eigenvalue weighted by atomic mass is 10.2. The van der Waals surface area contributed by atoms with E-state index in [1.54, 1.807) is 6.07 Å². The van der Waals surface area contributed by atoms with Crippen molar-refractivity contribution in [2.75, 3.05) is 12.5 Å². The summed E-state index contributed by atoms with van der Waals surface area (Å²) in [6.07, 6.45) is 1.37. The Hall–Kier alpha value is -1.33. The Morgan fingerprint density at radius 3 is 2.81 bits per heavy atom. The molecule has 5 nitrogen and oxygen atoms in total. The minimum Gasteiger partial charge on any atom is -0.465 e. The van der Waals surface area contributed by atoms with Gasteiger partial charge in [0, 0.05) is 18.3 Å². The molecule has 0 aliphatic rings. The Kier molecular flexibility index (Phi) is 4.52. The Morgan fingerprint density at radius 1 is 1.56 bits per heavy atom. The number of anilines is 1. The number of aromatic nitrogens is 1. The Labute approximate surface area is 99.1 Å². The van der Waals surface area contributed by atoms with Gasteiger partial charge in [-0.05, 0) is 13.8 Å². The molecule has 0 aliphatic carbocycles. The second-order valence-electron chi connectivity index (χ2n) is 3.47. The van der Waals surface area contributed by atoms with Gasteiger partial charge in [-0.25, -0.2) is 15.2 Å². The van der Waals surface area contributed by atoms with E-state index in [1.165, 1.54) is 13.3 Å². The molecule has 0 spiro atoms. The minimum absolute atomic E-state index is 0.220. The van der Waals surface area contributed by atoms with Crippen LogP contribution in [-0.2, 0) is 4.74 Å². The Balaban J connectivity index is 2.94. The highest BCUT2D eigenvalue weighted by Crippen LogP contribution is 2.18. The van der Waals surface area contributed by atoms with Gasteiger partial charge in [0.15, 0.2) is 0 Å². The Bertz CT molecular complexity index is 382. The van der Waals surface area contributed by atoms with Gasteiger partial charge in [-0.15, -0.1) is 0 Å². The van der Waals surface area contributed by atoms with Gasteiger partial charge in [0.1, 0.15) is 10.7 Å². The SMILES string of the molecule is COC(=O)c1cnc(Cl)cc1NNC(C)C. The normalized spacial score (nSPS) is 10.3. The number of nitrogens with zero attached hydrogens (tertiary/aromatic N) is 1. The number of carbonyl (C=O) groups is 1. The molecular weight excluding hydrogens is 230 g/mol. The molecule has 0 amide bonds. The number of esters is 1. The van der Waals surface area contributed by atoms with Gasteiger partial charge < -0.3 is 10.2 Å². The second-order valence-corrected chi connectivity index (χ2v) is 3.86. The third kappa shape index (κ3) is 3.36. The van der Waals surface area contributed by atoms with Crippen molar-refractivity contribution in [3.05, 3.63) is 23.0 Å². The molecule has 0 saturated carbocycles. The predicted molar refractivity (Wildman–Crippen MR) is 62.5 cm³/mol. The molecule has 16 heavy (non-hydrogen) atoms. The van der Waals surface area contributed by atoms with Crippen LogP contribution in [0.5, 0.6) is 0 Å². The van der Waals surface area contributed by atoms with Crippen molar-refractivity contribution in [3.8, 4) is 0 Å². The van der Waals surface area contributed by atoms with E-state index in [2.05, 4.69) is 20.6 Å². The highest BCUT2D eigenvalue weighted by atomic mass is 35.5. The molecule has 0 atom stereocenters. The molecule has 0 radical (unpaired) electrons. The lowest BCUT2D eigenvalue weighted by molar-refractivity contribution is 0.0601. The molecule has 88 valence electrons. The van der Waals surface area contributed by atoms with Crippen LogP contribution in [-0.4, -0.2) is 24.1 Å². The smallest absolute Gasteiger partial charge is 0.341 e. The molecule has 0 fully saturated rings. The van der Waals surface area contributed by atoms with E-state index >= 15 is 0 Å². The van der Waals surface area contributed by atoms with Crippen LogP contribution < -0.4 is 10.9 Å². The van der Waals surface area contributed by atoms with Crippen LogP contribution in [0.1, 0.15) is 24.2 Å². The van der Waals surface area contributed by atoms with E-state index in [0.717, 1.165) is 0 Å². The molecule has 0 bridgehead atoms. The molecule has 1 rings (SSSR count). The van der Waals surface area contributed by atoms with Crippen molar-refractivity contribution in [1.82, 2.24) is 10.4 Å². The van der Waals surface area contributed by atoms with Crippen molar-refractivity contribution in [2.24, 2.45) is 0 Å². The summed E-state index contributed by atoms with van der Waals surface area (Å²) in [6.45, 7) is 3.93. The average Bonchev–Trinajstić information content (AvgIpc) is 2.25. The summed E-state index contributed by atoms with van der Waals surface area (Å²) in [4.78, 5) is 15.2. The fraction of sp³-hybridized carbons (Fsp3) is 0.400. The third-order valence-electron chi connectivity index (χ3n) is 1.77. The van der Waals surface area contributed by atoms with E-state index in [1.807, 2.05) is 13.8 Å². The first-order valence-electron chi connectivity index (χ1n) is 4.80. The summed E-state index contributed by atoms with van der Waals surface area (Å²) in [5.41, 5.74) is 6.73. The maximum Gasteiger partial charge on any atom is 0.341 e. The molecule has 0 saturated heterocycles. The van der Waals surface area contributed by atoms with E-state index < -0.39 is 5.97 Å². The number of pyridine rings is 1. The highest BCUT2D eigenvalue weighted by molar-refractivity contribution is 6.29. The highest BCUT2D eigenvalue weighted by Gasteiger charge is 2.13. The topological polar surface area (TPSA) is 63.2 Å². The molecule has 1 aromatic rings. The van der Waals surface area contributed by atoms with E-state index in [-0.39, 0.29) is 6.04 Å². The molecule has 2 N–H and O–H groups in total. The Morgan fingerprint density at radius 2 is 2.25 bits per heavy atom. The van der Waals surface area contributed by atoms with E-state index in [9.17, 15) is 4.79 Å². The zero-order valence-electron chi connectivity index (χ0n) is 9.37. The first-order chi connectivity index (χ1) is 7.54. The maximum atomic E-state index is 11.4. The van der Waals surface area contributed by atoms with Crippen LogP contribution in [0.4, 0.5) is 5.69 Å². The minimum atomic E-state index is -0.461. The van der Waals surface area contributed by atoms with Gasteiger partial charge in [-0.1, -0.05) is 11.6 Å². The second kappa shape index (κ2) is 5.67. The first kappa shape index (κ1) is 12.7. The molecule has 1 aromatic heterocycles. The summed E-state index contributed by atoms with van der Waals surface area (Å²) in [5, 5.41) is 0.306. The van der Waals surface area contributed by atoms with Crippen LogP contribution >= 0.6 is 11.6 Å². The summed E-state index contributed by atoms with van der Waals surface area (Å²) in [7, 11) is 1.32. The third-order valence-corrected chi connectivity index (χ3v) is 1.98. The summed E-state index contributed by atoms with van der Waals surface area (Å²) in [6, 6.07) is 1.78. The number of methoxy groups -OCH3 is 1. The van der Waals surface area contributed by atoms with Crippen LogP contribution in [0.3, 0.4) is 0 Å². The number of rotatable bonds is 4. The zero-order valence-corrected chi connectivity index (χ0v) is 10.1. The summed E-state index contributed by atoms with van der Waals surface area (Å²) >= 11 is 5.75. The van der Waals surface area contributed by atoms with Crippen molar-refractivity contribution < 1.29 is 9.53 Å². The van der Waals surface area contributed by atoms with Crippen molar-refractivity contribution >= 4 is 23.3 Å². The fourth-order valence-electron chi connectivity index (χ4n) is 1.03. The number of hydrazine groups is 1. The molecule has 0 aliphatic heterocycles. The van der Waals surface area contributed by atoms with Crippen molar-refractivity contribution in [1.29, 1.82) is 0 Å². The molecule has 6 heteroatoms. The monoisotopic (exact) mass is 243 g/mol. The van der Waals surface area contributed by atoms with Gasteiger partial charge in [0.2, 0.25) is 0 Å². The van der Waals surface area contributed by atoms with Crippen LogP contribution in [0.15, 0.2) is 12.3 Å². The molecule has 0 aromatic carbocycles. The van der Waals surface area contributed by atoms with Crippen molar-refractivity contribution in [3.63, 3.8) is 0 Å². The van der Waals surface area contributed by atoms with Crippen LogP contribution in [0.25, 0.3) is 0 Å². The summed E-state index contributed by atoms with van der Waals surface area (Å²) in [5.74, 6) is -0.461.